The van der Waals surface area contributed by atoms with Crippen molar-refractivity contribution in [2.75, 3.05) is 19.8 Å². The quantitative estimate of drug-likeness (QED) is 0.760. The highest BCUT2D eigenvalue weighted by atomic mass is 16.5. The van der Waals surface area contributed by atoms with Gasteiger partial charge in [-0.3, -0.25) is 4.57 Å². The average molecular weight is 298 g/mol. The van der Waals surface area contributed by atoms with Gasteiger partial charge < -0.3 is 14.6 Å². The zero-order chi connectivity index (χ0) is 15.4. The van der Waals surface area contributed by atoms with Crippen molar-refractivity contribution in [2.24, 2.45) is 0 Å². The minimum atomic E-state index is 0.00999. The Bertz CT molecular complexity index is 750. The molecular weight excluding hydrogens is 280 g/mol. The first kappa shape index (κ1) is 14.4. The summed E-state index contributed by atoms with van der Waals surface area (Å²) in [7, 11) is 0. The second kappa shape index (κ2) is 6.49. The Labute approximate surface area is 128 Å². The molecule has 0 bridgehead atoms. The van der Waals surface area contributed by atoms with Gasteiger partial charge in [-0.1, -0.05) is 0 Å². The number of rotatable bonds is 6. The maximum absolute atomic E-state index is 8.76. The summed E-state index contributed by atoms with van der Waals surface area (Å²) in [6, 6.07) is 13.6. The average Bonchev–Trinajstić information content (AvgIpc) is 2.97. The molecule has 0 fully saturated rings. The van der Waals surface area contributed by atoms with Crippen molar-refractivity contribution in [3.8, 4) is 17.2 Å². The number of fused-ring (bicyclic) bond motifs is 1. The predicted molar refractivity (Wildman–Crippen MR) is 84.8 cm³/mol. The molecule has 114 valence electrons. The minimum absolute atomic E-state index is 0.00999. The smallest absolute Gasteiger partial charge is 0.121 e. The monoisotopic (exact) mass is 298 g/mol. The van der Waals surface area contributed by atoms with E-state index in [0.29, 0.717) is 13.2 Å². The van der Waals surface area contributed by atoms with E-state index in [1.165, 1.54) is 0 Å². The van der Waals surface area contributed by atoms with Crippen LogP contribution in [0.1, 0.15) is 6.92 Å². The number of hydrogen-bond donors (Lipinski definition) is 1. The Hall–Kier alpha value is -2.53. The fourth-order valence-electron chi connectivity index (χ4n) is 2.32. The van der Waals surface area contributed by atoms with Crippen LogP contribution in [-0.2, 0) is 0 Å². The van der Waals surface area contributed by atoms with Crippen LogP contribution in [0.3, 0.4) is 0 Å². The fourth-order valence-corrected chi connectivity index (χ4v) is 2.32. The van der Waals surface area contributed by atoms with Crippen molar-refractivity contribution in [3.05, 3.63) is 48.8 Å². The number of aliphatic hydroxyl groups excluding tert-OH is 1. The molecule has 1 N–H and O–H groups in total. The van der Waals surface area contributed by atoms with Crippen molar-refractivity contribution >= 4 is 11.0 Å². The summed E-state index contributed by atoms with van der Waals surface area (Å²) in [6.07, 6.45) is 1.80. The topological polar surface area (TPSA) is 56.5 Å². The fraction of sp³-hybridized carbons (Fsp3) is 0.235. The molecule has 3 aromatic rings. The molecule has 1 aromatic heterocycles. The van der Waals surface area contributed by atoms with Gasteiger partial charge >= 0.3 is 0 Å². The van der Waals surface area contributed by atoms with Crippen LogP contribution in [0, 0.1) is 0 Å². The van der Waals surface area contributed by atoms with Gasteiger partial charge in [-0.2, -0.15) is 0 Å². The molecule has 0 amide bonds. The van der Waals surface area contributed by atoms with E-state index in [0.717, 1.165) is 28.2 Å². The first-order valence-corrected chi connectivity index (χ1v) is 7.26. The van der Waals surface area contributed by atoms with Gasteiger partial charge in [-0.25, -0.2) is 4.98 Å². The van der Waals surface area contributed by atoms with E-state index >= 15 is 0 Å². The van der Waals surface area contributed by atoms with E-state index in [4.69, 9.17) is 14.6 Å². The highest BCUT2D eigenvalue weighted by Crippen LogP contribution is 2.24. The van der Waals surface area contributed by atoms with Gasteiger partial charge in [0.25, 0.3) is 0 Å². The molecule has 0 aliphatic rings. The molecule has 0 atom stereocenters. The standard InChI is InChI=1S/C17H18N2O3/c1-2-21-15-7-8-17-16(11-15)18-12-19(17)13-3-5-14(6-4-13)22-10-9-20/h3-8,11-12,20H,2,9-10H2,1H3. The summed E-state index contributed by atoms with van der Waals surface area (Å²) in [6.45, 7) is 2.91. The maximum Gasteiger partial charge on any atom is 0.121 e. The SMILES string of the molecule is CCOc1ccc2c(c1)ncn2-c1ccc(OCCO)cc1. The largest absolute Gasteiger partial charge is 0.494 e. The van der Waals surface area contributed by atoms with Crippen molar-refractivity contribution in [3.63, 3.8) is 0 Å². The Kier molecular flexibility index (Phi) is 4.25. The molecule has 22 heavy (non-hydrogen) atoms. The number of nitrogens with zero attached hydrogens (tertiary/aromatic N) is 2. The van der Waals surface area contributed by atoms with Crippen molar-refractivity contribution < 1.29 is 14.6 Å². The number of aromatic nitrogens is 2. The minimum Gasteiger partial charge on any atom is -0.494 e. The van der Waals surface area contributed by atoms with Crippen LogP contribution >= 0.6 is 0 Å². The molecule has 3 rings (SSSR count). The van der Waals surface area contributed by atoms with Crippen LogP contribution in [0.25, 0.3) is 16.7 Å². The third-order valence-electron chi connectivity index (χ3n) is 3.30. The van der Waals surface area contributed by atoms with Crippen LogP contribution in [0.2, 0.25) is 0 Å². The normalized spacial score (nSPS) is 10.8. The van der Waals surface area contributed by atoms with Crippen molar-refractivity contribution in [2.45, 2.75) is 6.92 Å². The van der Waals surface area contributed by atoms with Crippen molar-refractivity contribution in [1.82, 2.24) is 9.55 Å². The predicted octanol–water partition coefficient (Wildman–Crippen LogP) is 2.80. The van der Waals surface area contributed by atoms with Gasteiger partial charge in [0, 0.05) is 11.8 Å². The van der Waals surface area contributed by atoms with Crippen molar-refractivity contribution in [1.29, 1.82) is 0 Å². The summed E-state index contributed by atoms with van der Waals surface area (Å²) in [5.74, 6) is 1.56. The Morgan fingerprint density at radius 2 is 1.82 bits per heavy atom. The molecule has 0 saturated carbocycles. The zero-order valence-corrected chi connectivity index (χ0v) is 12.4. The second-order valence-electron chi connectivity index (χ2n) is 4.76. The molecular formula is C17H18N2O3. The zero-order valence-electron chi connectivity index (χ0n) is 12.4. The molecule has 1 heterocycles. The molecule has 2 aromatic carbocycles. The van der Waals surface area contributed by atoms with Crippen LogP contribution < -0.4 is 9.47 Å². The highest BCUT2D eigenvalue weighted by Gasteiger charge is 2.06. The van der Waals surface area contributed by atoms with E-state index in [1.54, 1.807) is 6.33 Å². The lowest BCUT2D eigenvalue weighted by Gasteiger charge is -2.08. The first-order valence-electron chi connectivity index (χ1n) is 7.26. The van der Waals surface area contributed by atoms with Crippen LogP contribution in [-0.4, -0.2) is 34.5 Å². The molecule has 0 saturated heterocycles. The number of benzene rings is 2. The molecule has 0 spiro atoms. The van der Waals surface area contributed by atoms with Crippen LogP contribution in [0.5, 0.6) is 11.5 Å². The lowest BCUT2D eigenvalue weighted by molar-refractivity contribution is 0.201. The van der Waals surface area contributed by atoms with Gasteiger partial charge in [0.15, 0.2) is 0 Å². The second-order valence-corrected chi connectivity index (χ2v) is 4.76. The van der Waals surface area contributed by atoms with E-state index in [-0.39, 0.29) is 6.61 Å². The lowest BCUT2D eigenvalue weighted by Crippen LogP contribution is -2.01. The summed E-state index contributed by atoms with van der Waals surface area (Å²) in [5.41, 5.74) is 2.92. The number of hydrogen-bond acceptors (Lipinski definition) is 4. The van der Waals surface area contributed by atoms with Gasteiger partial charge in [0.1, 0.15) is 24.4 Å². The molecule has 5 heteroatoms. The van der Waals surface area contributed by atoms with Gasteiger partial charge in [-0.15, -0.1) is 0 Å². The molecule has 0 aliphatic carbocycles. The van der Waals surface area contributed by atoms with Gasteiger partial charge in [0.2, 0.25) is 0 Å². The third kappa shape index (κ3) is 2.89. The first-order chi connectivity index (χ1) is 10.8. The molecule has 0 unspecified atom stereocenters. The van der Waals surface area contributed by atoms with Crippen LogP contribution in [0.4, 0.5) is 0 Å². The Morgan fingerprint density at radius 1 is 1.05 bits per heavy atom. The number of ether oxygens (including phenoxy) is 2. The van der Waals surface area contributed by atoms with E-state index in [2.05, 4.69) is 4.98 Å². The maximum atomic E-state index is 8.76. The Morgan fingerprint density at radius 3 is 2.55 bits per heavy atom. The third-order valence-corrected chi connectivity index (χ3v) is 3.30. The van der Waals surface area contributed by atoms with E-state index in [9.17, 15) is 0 Å². The Balaban J connectivity index is 1.89. The van der Waals surface area contributed by atoms with E-state index in [1.807, 2.05) is 54.0 Å². The van der Waals surface area contributed by atoms with E-state index < -0.39 is 0 Å². The number of imidazole rings is 1. The summed E-state index contributed by atoms with van der Waals surface area (Å²) >= 11 is 0. The van der Waals surface area contributed by atoms with Gasteiger partial charge in [-0.05, 0) is 43.3 Å². The summed E-state index contributed by atoms with van der Waals surface area (Å²) in [4.78, 5) is 4.43. The molecule has 0 radical (unpaired) electrons. The molecule has 0 aliphatic heterocycles. The summed E-state index contributed by atoms with van der Waals surface area (Å²) < 4.78 is 12.9. The summed E-state index contributed by atoms with van der Waals surface area (Å²) in [5, 5.41) is 8.76. The molecule has 5 nitrogen and oxygen atoms in total. The van der Waals surface area contributed by atoms with Crippen LogP contribution in [0.15, 0.2) is 48.8 Å². The highest BCUT2D eigenvalue weighted by molar-refractivity contribution is 5.79. The lowest BCUT2D eigenvalue weighted by atomic mass is 10.2. The number of aliphatic hydroxyl groups is 1. The van der Waals surface area contributed by atoms with Gasteiger partial charge in [0.05, 0.1) is 24.2 Å².